The minimum Gasteiger partial charge on any atom is -0.366 e. The van der Waals surface area contributed by atoms with Gasteiger partial charge in [-0.1, -0.05) is 47.5 Å². The van der Waals surface area contributed by atoms with Crippen LogP contribution in [0.25, 0.3) is 10.9 Å². The molecule has 0 aliphatic carbocycles. The topological polar surface area (TPSA) is 24.9 Å². The first kappa shape index (κ1) is 14.2. The second-order valence-electron chi connectivity index (χ2n) is 4.90. The minimum absolute atomic E-state index is 0.545. The molecule has 2 nitrogen and oxygen atoms in total. The maximum atomic E-state index is 6.18. The molecule has 0 unspecified atom stereocenters. The lowest BCUT2D eigenvalue weighted by Crippen LogP contribution is -2.03. The van der Waals surface area contributed by atoms with Crippen LogP contribution in [0.3, 0.4) is 0 Å². The molecule has 1 N–H and O–H groups in total. The van der Waals surface area contributed by atoms with Crippen molar-refractivity contribution in [2.24, 2.45) is 0 Å². The van der Waals surface area contributed by atoms with E-state index in [0.717, 1.165) is 16.9 Å². The summed E-state index contributed by atoms with van der Waals surface area (Å²) in [6.45, 7) is 2.63. The first-order valence-electron chi connectivity index (χ1n) is 6.68. The fraction of sp³-hybridized carbons (Fsp3) is 0.118. The number of rotatable bonds is 3. The minimum atomic E-state index is 0.545. The number of hydrogen-bond donors (Lipinski definition) is 1. The SMILES string of the molecule is Cc1cc(NCc2c(Cl)cccc2Cl)nc2ccccc12. The van der Waals surface area contributed by atoms with Crippen LogP contribution in [0.5, 0.6) is 0 Å². The molecule has 0 saturated heterocycles. The van der Waals surface area contributed by atoms with Gasteiger partial charge in [0, 0.05) is 27.5 Å². The van der Waals surface area contributed by atoms with Gasteiger partial charge in [0.15, 0.2) is 0 Å². The highest BCUT2D eigenvalue weighted by atomic mass is 35.5. The Balaban J connectivity index is 1.89. The highest BCUT2D eigenvalue weighted by Gasteiger charge is 2.07. The number of aryl methyl sites for hydroxylation is 1. The predicted molar refractivity (Wildman–Crippen MR) is 90.3 cm³/mol. The monoisotopic (exact) mass is 316 g/mol. The van der Waals surface area contributed by atoms with Gasteiger partial charge in [0.25, 0.3) is 0 Å². The maximum Gasteiger partial charge on any atom is 0.127 e. The van der Waals surface area contributed by atoms with Crippen molar-refractivity contribution in [2.45, 2.75) is 13.5 Å². The number of nitrogens with zero attached hydrogens (tertiary/aromatic N) is 1. The summed E-state index contributed by atoms with van der Waals surface area (Å²) >= 11 is 12.4. The van der Waals surface area contributed by atoms with E-state index in [1.54, 1.807) is 0 Å². The summed E-state index contributed by atoms with van der Waals surface area (Å²) < 4.78 is 0. The van der Waals surface area contributed by atoms with Crippen molar-refractivity contribution >= 4 is 39.9 Å². The van der Waals surface area contributed by atoms with Crippen LogP contribution in [-0.2, 0) is 6.54 Å². The molecule has 0 fully saturated rings. The van der Waals surface area contributed by atoms with E-state index in [4.69, 9.17) is 23.2 Å². The average Bonchev–Trinajstić information content (AvgIpc) is 2.47. The molecule has 0 aliphatic heterocycles. The Hall–Kier alpha value is -1.77. The van der Waals surface area contributed by atoms with E-state index in [1.807, 2.05) is 42.5 Å². The molecular weight excluding hydrogens is 303 g/mol. The molecule has 2 aromatic carbocycles. The first-order valence-corrected chi connectivity index (χ1v) is 7.44. The van der Waals surface area contributed by atoms with E-state index in [-0.39, 0.29) is 0 Å². The second-order valence-corrected chi connectivity index (χ2v) is 5.71. The highest BCUT2D eigenvalue weighted by molar-refractivity contribution is 6.36. The number of aromatic nitrogens is 1. The fourth-order valence-electron chi connectivity index (χ4n) is 2.32. The molecule has 21 heavy (non-hydrogen) atoms. The van der Waals surface area contributed by atoms with Gasteiger partial charge in [-0.05, 0) is 36.8 Å². The van der Waals surface area contributed by atoms with Crippen LogP contribution in [-0.4, -0.2) is 4.98 Å². The van der Waals surface area contributed by atoms with Gasteiger partial charge in [0.2, 0.25) is 0 Å². The van der Waals surface area contributed by atoms with E-state index in [0.29, 0.717) is 16.6 Å². The Labute approximate surface area is 133 Å². The number of nitrogens with one attached hydrogen (secondary N) is 1. The second kappa shape index (κ2) is 5.92. The van der Waals surface area contributed by atoms with E-state index in [2.05, 4.69) is 23.3 Å². The summed E-state index contributed by atoms with van der Waals surface area (Å²) in [6.07, 6.45) is 0. The van der Waals surface area contributed by atoms with Gasteiger partial charge < -0.3 is 5.32 Å². The fourth-order valence-corrected chi connectivity index (χ4v) is 2.85. The standard InChI is InChI=1S/C17H14Cl2N2/c1-11-9-17(21-16-8-3-2-5-12(11)16)20-10-13-14(18)6-4-7-15(13)19/h2-9H,10H2,1H3,(H,20,21). The van der Waals surface area contributed by atoms with Crippen molar-refractivity contribution in [3.8, 4) is 0 Å². The first-order chi connectivity index (χ1) is 10.1. The molecule has 1 heterocycles. The van der Waals surface area contributed by atoms with Crippen LogP contribution in [0.15, 0.2) is 48.5 Å². The zero-order valence-electron chi connectivity index (χ0n) is 11.5. The Morgan fingerprint density at radius 3 is 2.48 bits per heavy atom. The van der Waals surface area contributed by atoms with Crippen molar-refractivity contribution in [1.29, 1.82) is 0 Å². The van der Waals surface area contributed by atoms with Crippen LogP contribution >= 0.6 is 23.2 Å². The predicted octanol–water partition coefficient (Wildman–Crippen LogP) is 5.46. The number of fused-ring (bicyclic) bond motifs is 1. The summed E-state index contributed by atoms with van der Waals surface area (Å²) in [5, 5.41) is 5.78. The molecule has 0 saturated carbocycles. The molecule has 4 heteroatoms. The Kier molecular flexibility index (Phi) is 4.00. The number of para-hydroxylation sites is 1. The van der Waals surface area contributed by atoms with Gasteiger partial charge in [-0.3, -0.25) is 0 Å². The van der Waals surface area contributed by atoms with Crippen molar-refractivity contribution in [1.82, 2.24) is 4.98 Å². The molecule has 0 amide bonds. The summed E-state index contributed by atoms with van der Waals surface area (Å²) in [4.78, 5) is 4.61. The molecule has 0 bridgehead atoms. The molecule has 0 radical (unpaired) electrons. The van der Waals surface area contributed by atoms with E-state index in [1.165, 1.54) is 10.9 Å². The molecular formula is C17H14Cl2N2. The van der Waals surface area contributed by atoms with Crippen molar-refractivity contribution in [2.75, 3.05) is 5.32 Å². The van der Waals surface area contributed by atoms with Crippen LogP contribution in [0.2, 0.25) is 10.0 Å². The molecule has 0 spiro atoms. The Morgan fingerprint density at radius 2 is 1.71 bits per heavy atom. The summed E-state index contributed by atoms with van der Waals surface area (Å²) in [5.41, 5.74) is 3.05. The summed E-state index contributed by atoms with van der Waals surface area (Å²) in [5.74, 6) is 0.821. The molecule has 106 valence electrons. The number of halogens is 2. The lowest BCUT2D eigenvalue weighted by atomic mass is 10.1. The molecule has 0 atom stereocenters. The molecule has 3 aromatic rings. The largest absolute Gasteiger partial charge is 0.366 e. The third-order valence-corrected chi connectivity index (χ3v) is 4.14. The number of benzene rings is 2. The summed E-state index contributed by atoms with van der Waals surface area (Å²) in [6, 6.07) is 15.6. The van der Waals surface area contributed by atoms with E-state index in [9.17, 15) is 0 Å². The van der Waals surface area contributed by atoms with Crippen LogP contribution in [0.1, 0.15) is 11.1 Å². The van der Waals surface area contributed by atoms with Gasteiger partial charge in [-0.15, -0.1) is 0 Å². The average molecular weight is 317 g/mol. The molecule has 3 rings (SSSR count). The highest BCUT2D eigenvalue weighted by Crippen LogP contribution is 2.26. The Bertz CT molecular complexity index is 780. The quantitative estimate of drug-likeness (QED) is 0.693. The van der Waals surface area contributed by atoms with Gasteiger partial charge in [-0.25, -0.2) is 4.98 Å². The number of hydrogen-bond acceptors (Lipinski definition) is 2. The smallest absolute Gasteiger partial charge is 0.127 e. The van der Waals surface area contributed by atoms with Crippen LogP contribution < -0.4 is 5.32 Å². The van der Waals surface area contributed by atoms with Gasteiger partial charge >= 0.3 is 0 Å². The van der Waals surface area contributed by atoms with Gasteiger partial charge in [0.05, 0.1) is 5.52 Å². The zero-order valence-corrected chi connectivity index (χ0v) is 13.0. The van der Waals surface area contributed by atoms with E-state index < -0.39 is 0 Å². The van der Waals surface area contributed by atoms with E-state index >= 15 is 0 Å². The number of pyridine rings is 1. The molecule has 0 aliphatic rings. The van der Waals surface area contributed by atoms with Crippen molar-refractivity contribution < 1.29 is 0 Å². The third kappa shape index (κ3) is 2.97. The van der Waals surface area contributed by atoms with Crippen molar-refractivity contribution in [3.05, 3.63) is 69.7 Å². The van der Waals surface area contributed by atoms with Crippen molar-refractivity contribution in [3.63, 3.8) is 0 Å². The lowest BCUT2D eigenvalue weighted by molar-refractivity contribution is 1.12. The van der Waals surface area contributed by atoms with Gasteiger partial charge in [-0.2, -0.15) is 0 Å². The zero-order chi connectivity index (χ0) is 14.8. The molecule has 1 aromatic heterocycles. The number of anilines is 1. The third-order valence-electron chi connectivity index (χ3n) is 3.43. The Morgan fingerprint density at radius 1 is 1.00 bits per heavy atom. The lowest BCUT2D eigenvalue weighted by Gasteiger charge is -2.11. The van der Waals surface area contributed by atoms with Crippen LogP contribution in [0.4, 0.5) is 5.82 Å². The summed E-state index contributed by atoms with van der Waals surface area (Å²) in [7, 11) is 0. The maximum absolute atomic E-state index is 6.18. The van der Waals surface area contributed by atoms with Gasteiger partial charge in [0.1, 0.15) is 5.82 Å². The normalized spacial score (nSPS) is 10.8. The van der Waals surface area contributed by atoms with Crippen LogP contribution in [0, 0.1) is 6.92 Å².